The molecule has 0 aliphatic heterocycles. The van der Waals surface area contributed by atoms with Crippen molar-refractivity contribution in [3.05, 3.63) is 29.6 Å². The molecule has 0 aromatic carbocycles. The van der Waals surface area contributed by atoms with Crippen LogP contribution in [0.2, 0.25) is 0 Å². The third-order valence-corrected chi connectivity index (χ3v) is 1.63. The number of carbonyl (C=O) groups excluding carboxylic acids is 1. The van der Waals surface area contributed by atoms with Crippen molar-refractivity contribution < 1.29 is 9.90 Å². The number of pyridine rings is 1. The van der Waals surface area contributed by atoms with E-state index in [-0.39, 0.29) is 12.5 Å². The summed E-state index contributed by atoms with van der Waals surface area (Å²) in [5, 5.41) is 8.80. The van der Waals surface area contributed by atoms with Crippen molar-refractivity contribution in [2.45, 2.75) is 6.61 Å². The first-order chi connectivity index (χ1) is 6.15. The monoisotopic (exact) mass is 180 g/mol. The van der Waals surface area contributed by atoms with Crippen molar-refractivity contribution in [1.29, 1.82) is 0 Å². The summed E-state index contributed by atoms with van der Waals surface area (Å²) in [6.07, 6.45) is 1.52. The molecule has 1 aromatic heterocycles. The van der Waals surface area contributed by atoms with Gasteiger partial charge in [0, 0.05) is 25.9 Å². The number of amides is 1. The predicted octanol–water partition coefficient (Wildman–Crippen LogP) is 0.276. The van der Waals surface area contributed by atoms with Crippen LogP contribution >= 0.6 is 0 Å². The molecule has 4 heteroatoms. The molecule has 1 rings (SSSR count). The van der Waals surface area contributed by atoms with E-state index in [0.717, 1.165) is 0 Å². The fraction of sp³-hybridized carbons (Fsp3) is 0.333. The minimum Gasteiger partial charge on any atom is -0.390 e. The zero-order valence-electron chi connectivity index (χ0n) is 7.69. The Morgan fingerprint density at radius 2 is 2.31 bits per heavy atom. The lowest BCUT2D eigenvalue weighted by Crippen LogP contribution is -2.21. The van der Waals surface area contributed by atoms with Gasteiger partial charge in [-0.2, -0.15) is 0 Å². The van der Waals surface area contributed by atoms with E-state index >= 15 is 0 Å². The molecular formula is C9H12N2O2. The van der Waals surface area contributed by atoms with Gasteiger partial charge in [-0.25, -0.2) is 0 Å². The van der Waals surface area contributed by atoms with Gasteiger partial charge in [0.15, 0.2) is 0 Å². The molecule has 70 valence electrons. The molecule has 0 bridgehead atoms. The van der Waals surface area contributed by atoms with Gasteiger partial charge in [-0.15, -0.1) is 0 Å². The maximum absolute atomic E-state index is 11.4. The van der Waals surface area contributed by atoms with Crippen LogP contribution in [0.1, 0.15) is 16.1 Å². The van der Waals surface area contributed by atoms with Crippen molar-refractivity contribution in [3.63, 3.8) is 0 Å². The van der Waals surface area contributed by atoms with Crippen LogP contribution in [-0.4, -0.2) is 35.0 Å². The summed E-state index contributed by atoms with van der Waals surface area (Å²) in [5.74, 6) is -0.0860. The van der Waals surface area contributed by atoms with Crippen LogP contribution < -0.4 is 0 Å². The molecule has 0 radical (unpaired) electrons. The van der Waals surface area contributed by atoms with E-state index in [1.54, 1.807) is 26.2 Å². The van der Waals surface area contributed by atoms with Crippen molar-refractivity contribution in [2.24, 2.45) is 0 Å². The van der Waals surface area contributed by atoms with E-state index in [4.69, 9.17) is 5.11 Å². The average Bonchev–Trinajstić information content (AvgIpc) is 2.16. The quantitative estimate of drug-likeness (QED) is 0.711. The number of aromatic nitrogens is 1. The van der Waals surface area contributed by atoms with E-state index in [9.17, 15) is 4.79 Å². The van der Waals surface area contributed by atoms with Gasteiger partial charge in [0.1, 0.15) is 0 Å². The SMILES string of the molecule is CN(C)C(=O)c1ccnc(CO)c1. The highest BCUT2D eigenvalue weighted by molar-refractivity contribution is 5.93. The lowest BCUT2D eigenvalue weighted by Gasteiger charge is -2.10. The lowest BCUT2D eigenvalue weighted by atomic mass is 10.2. The predicted molar refractivity (Wildman–Crippen MR) is 48.2 cm³/mol. The first kappa shape index (κ1) is 9.67. The fourth-order valence-corrected chi connectivity index (χ4v) is 0.956. The van der Waals surface area contributed by atoms with E-state index in [1.165, 1.54) is 11.1 Å². The Bertz CT molecular complexity index is 310. The van der Waals surface area contributed by atoms with Crippen LogP contribution in [0.5, 0.6) is 0 Å². The summed E-state index contributed by atoms with van der Waals surface area (Å²) in [6.45, 7) is -0.144. The molecule has 0 saturated heterocycles. The Morgan fingerprint density at radius 1 is 1.62 bits per heavy atom. The highest BCUT2D eigenvalue weighted by Crippen LogP contribution is 2.03. The molecule has 1 N–H and O–H groups in total. The van der Waals surface area contributed by atoms with Crippen LogP contribution in [0, 0.1) is 0 Å². The van der Waals surface area contributed by atoms with Gasteiger partial charge in [-0.3, -0.25) is 9.78 Å². The topological polar surface area (TPSA) is 53.4 Å². The molecule has 0 saturated carbocycles. The Hall–Kier alpha value is -1.42. The van der Waals surface area contributed by atoms with Crippen molar-refractivity contribution in [2.75, 3.05) is 14.1 Å². The maximum atomic E-state index is 11.4. The first-order valence-electron chi connectivity index (χ1n) is 3.92. The molecule has 0 spiro atoms. The second kappa shape index (κ2) is 4.00. The largest absolute Gasteiger partial charge is 0.390 e. The molecule has 0 aliphatic rings. The summed E-state index contributed by atoms with van der Waals surface area (Å²) in [6, 6.07) is 3.21. The second-order valence-electron chi connectivity index (χ2n) is 2.89. The van der Waals surface area contributed by atoms with Crippen LogP contribution in [0.25, 0.3) is 0 Å². The third-order valence-electron chi connectivity index (χ3n) is 1.63. The Balaban J connectivity index is 2.95. The van der Waals surface area contributed by atoms with Gasteiger partial charge in [0.05, 0.1) is 12.3 Å². The summed E-state index contributed by atoms with van der Waals surface area (Å²) >= 11 is 0. The Morgan fingerprint density at radius 3 is 2.85 bits per heavy atom. The smallest absolute Gasteiger partial charge is 0.253 e. The normalized spacial score (nSPS) is 9.77. The molecule has 0 fully saturated rings. The molecule has 1 aromatic rings. The van der Waals surface area contributed by atoms with Crippen LogP contribution in [0.15, 0.2) is 18.3 Å². The maximum Gasteiger partial charge on any atom is 0.253 e. The second-order valence-corrected chi connectivity index (χ2v) is 2.89. The zero-order chi connectivity index (χ0) is 9.84. The Labute approximate surface area is 76.8 Å². The lowest BCUT2D eigenvalue weighted by molar-refractivity contribution is 0.0827. The van der Waals surface area contributed by atoms with Crippen molar-refractivity contribution >= 4 is 5.91 Å². The molecule has 1 heterocycles. The number of hydrogen-bond acceptors (Lipinski definition) is 3. The van der Waals surface area contributed by atoms with Gasteiger partial charge >= 0.3 is 0 Å². The standard InChI is InChI=1S/C9H12N2O2/c1-11(2)9(13)7-3-4-10-8(5-7)6-12/h3-5,12H,6H2,1-2H3. The number of hydrogen-bond donors (Lipinski definition) is 1. The fourth-order valence-electron chi connectivity index (χ4n) is 0.956. The van der Waals surface area contributed by atoms with Crippen molar-refractivity contribution in [1.82, 2.24) is 9.88 Å². The summed E-state index contributed by atoms with van der Waals surface area (Å²) < 4.78 is 0. The molecule has 0 atom stereocenters. The molecule has 4 nitrogen and oxygen atoms in total. The number of nitrogens with zero attached hydrogens (tertiary/aromatic N) is 2. The van der Waals surface area contributed by atoms with Crippen LogP contribution in [-0.2, 0) is 6.61 Å². The average molecular weight is 180 g/mol. The molecule has 0 aliphatic carbocycles. The minimum atomic E-state index is -0.144. The van der Waals surface area contributed by atoms with Gasteiger partial charge in [-0.05, 0) is 12.1 Å². The van der Waals surface area contributed by atoms with Gasteiger partial charge in [0.25, 0.3) is 5.91 Å². The van der Waals surface area contributed by atoms with E-state index in [2.05, 4.69) is 4.98 Å². The number of rotatable bonds is 2. The minimum absolute atomic E-state index is 0.0860. The summed E-state index contributed by atoms with van der Waals surface area (Å²) in [4.78, 5) is 16.8. The van der Waals surface area contributed by atoms with E-state index in [0.29, 0.717) is 11.3 Å². The highest BCUT2D eigenvalue weighted by atomic mass is 16.3. The van der Waals surface area contributed by atoms with Crippen molar-refractivity contribution in [3.8, 4) is 0 Å². The van der Waals surface area contributed by atoms with Gasteiger partial charge in [0.2, 0.25) is 0 Å². The molecule has 1 amide bonds. The van der Waals surface area contributed by atoms with Gasteiger partial charge in [-0.1, -0.05) is 0 Å². The van der Waals surface area contributed by atoms with Crippen LogP contribution in [0.3, 0.4) is 0 Å². The van der Waals surface area contributed by atoms with E-state index in [1.807, 2.05) is 0 Å². The highest BCUT2D eigenvalue weighted by Gasteiger charge is 2.07. The molecule has 0 unspecified atom stereocenters. The first-order valence-corrected chi connectivity index (χ1v) is 3.92. The molecule has 13 heavy (non-hydrogen) atoms. The third kappa shape index (κ3) is 2.26. The summed E-state index contributed by atoms with van der Waals surface area (Å²) in [5.41, 5.74) is 1.05. The number of aliphatic hydroxyl groups excluding tert-OH is 1. The molecular weight excluding hydrogens is 168 g/mol. The van der Waals surface area contributed by atoms with E-state index < -0.39 is 0 Å². The summed E-state index contributed by atoms with van der Waals surface area (Å²) in [7, 11) is 3.36. The number of aliphatic hydroxyl groups is 1. The zero-order valence-corrected chi connectivity index (χ0v) is 7.69. The van der Waals surface area contributed by atoms with Crippen LogP contribution in [0.4, 0.5) is 0 Å². The Kier molecular flexibility index (Phi) is 2.97. The van der Waals surface area contributed by atoms with Gasteiger partial charge < -0.3 is 10.0 Å². The number of carbonyl (C=O) groups is 1.